The number of nitrogens with one attached hydrogen (secondary N) is 1. The van der Waals surface area contributed by atoms with Crippen LogP contribution in [0.5, 0.6) is 5.75 Å². The largest absolute Gasteiger partial charge is 0.433 e. The summed E-state index contributed by atoms with van der Waals surface area (Å²) in [6.45, 7) is -1.82. The molecule has 0 aliphatic heterocycles. The van der Waals surface area contributed by atoms with E-state index in [0.717, 1.165) is 24.3 Å². The number of hydrogen-bond acceptors (Lipinski definition) is 6. The van der Waals surface area contributed by atoms with Gasteiger partial charge in [0.15, 0.2) is 0 Å². The minimum Gasteiger partial charge on any atom is -0.433 e. The third kappa shape index (κ3) is 4.64. The van der Waals surface area contributed by atoms with Gasteiger partial charge in [0, 0.05) is 17.3 Å². The Balaban J connectivity index is 2.37. The van der Waals surface area contributed by atoms with Gasteiger partial charge in [-0.25, -0.2) is 0 Å². The van der Waals surface area contributed by atoms with Crippen molar-refractivity contribution in [2.75, 3.05) is 5.32 Å². The molecule has 0 saturated heterocycles. The number of ether oxygens (including phenoxy) is 1. The fourth-order valence-electron chi connectivity index (χ4n) is 2.18. The van der Waals surface area contributed by atoms with E-state index < -0.39 is 33.7 Å². The Bertz CT molecular complexity index is 938. The van der Waals surface area contributed by atoms with E-state index in [2.05, 4.69) is 10.1 Å². The summed E-state index contributed by atoms with van der Waals surface area (Å²) in [5.41, 5.74) is -1.52. The van der Waals surface area contributed by atoms with Gasteiger partial charge in [-0.1, -0.05) is 11.6 Å². The Kier molecular flexibility index (Phi) is 5.85. The number of nitro benzene ring substituents is 2. The van der Waals surface area contributed by atoms with Crippen LogP contribution in [0.1, 0.15) is 15.9 Å². The first kappa shape index (κ1) is 20.0. The van der Waals surface area contributed by atoms with Gasteiger partial charge in [-0.05, 0) is 25.1 Å². The number of hydrogen-bond donors (Lipinski definition) is 1. The number of alkyl halides is 2. The van der Waals surface area contributed by atoms with Gasteiger partial charge in [0.25, 0.3) is 17.3 Å². The van der Waals surface area contributed by atoms with Gasteiger partial charge >= 0.3 is 6.61 Å². The fraction of sp³-hybridized carbons (Fsp3) is 0.133. The van der Waals surface area contributed by atoms with Crippen LogP contribution in [0, 0.1) is 27.2 Å². The van der Waals surface area contributed by atoms with Crippen molar-refractivity contribution in [2.45, 2.75) is 13.5 Å². The molecule has 0 unspecified atom stereocenters. The SMILES string of the molecule is Cc1c(C(=O)Nc2ccc(OC(F)F)c(Cl)c2)cc([N+](=O)[O-])cc1[N+](=O)[O-]. The molecule has 0 aliphatic rings. The lowest BCUT2D eigenvalue weighted by molar-refractivity contribution is -0.394. The third-order valence-electron chi connectivity index (χ3n) is 3.42. The molecule has 0 radical (unpaired) electrons. The maximum atomic E-state index is 12.4. The Morgan fingerprint density at radius 3 is 2.37 bits per heavy atom. The van der Waals surface area contributed by atoms with Crippen LogP contribution < -0.4 is 10.1 Å². The maximum Gasteiger partial charge on any atom is 0.387 e. The predicted octanol–water partition coefficient (Wildman–Crippen LogP) is 4.32. The number of benzene rings is 2. The lowest BCUT2D eigenvalue weighted by Gasteiger charge is -2.11. The molecule has 9 nitrogen and oxygen atoms in total. The highest BCUT2D eigenvalue weighted by Gasteiger charge is 2.25. The van der Waals surface area contributed by atoms with E-state index in [-0.39, 0.29) is 27.6 Å². The number of nitrogens with zero attached hydrogens (tertiary/aromatic N) is 2. The normalized spacial score (nSPS) is 10.6. The zero-order valence-electron chi connectivity index (χ0n) is 13.4. The molecule has 0 bridgehead atoms. The van der Waals surface area contributed by atoms with Gasteiger partial charge in [-0.2, -0.15) is 8.78 Å². The minimum atomic E-state index is -3.09. The van der Waals surface area contributed by atoms with Gasteiger partial charge in [0.05, 0.1) is 26.5 Å². The molecule has 2 rings (SSSR count). The van der Waals surface area contributed by atoms with Crippen LogP contribution in [0.4, 0.5) is 25.8 Å². The summed E-state index contributed by atoms with van der Waals surface area (Å²) in [7, 11) is 0. The van der Waals surface area contributed by atoms with Crippen molar-refractivity contribution in [2.24, 2.45) is 0 Å². The van der Waals surface area contributed by atoms with Crippen LogP contribution in [-0.2, 0) is 0 Å². The van der Waals surface area contributed by atoms with Crippen LogP contribution in [0.3, 0.4) is 0 Å². The van der Waals surface area contributed by atoms with E-state index in [9.17, 15) is 33.8 Å². The lowest BCUT2D eigenvalue weighted by Crippen LogP contribution is -2.15. The topological polar surface area (TPSA) is 125 Å². The molecule has 142 valence electrons. The molecule has 0 atom stereocenters. The second-order valence-electron chi connectivity index (χ2n) is 5.13. The van der Waals surface area contributed by atoms with Gasteiger partial charge in [-0.15, -0.1) is 0 Å². The molecule has 0 spiro atoms. The molecule has 1 N–H and O–H groups in total. The standard InChI is InChI=1S/C15H10ClF2N3O6/c1-7-10(5-9(20(23)24)6-12(7)21(25)26)14(22)19-8-2-3-13(11(16)4-8)27-15(17)18/h2-6,15H,1H3,(H,19,22). The highest BCUT2D eigenvalue weighted by atomic mass is 35.5. The second kappa shape index (κ2) is 7.91. The molecule has 12 heteroatoms. The summed E-state index contributed by atoms with van der Waals surface area (Å²) in [6, 6.07) is 5.07. The number of carbonyl (C=O) groups excluding carboxylic acids is 1. The molecule has 2 aromatic rings. The number of anilines is 1. The molecule has 0 aromatic heterocycles. The van der Waals surface area contributed by atoms with Crippen molar-refractivity contribution in [3.05, 3.63) is 66.7 Å². The predicted molar refractivity (Wildman–Crippen MR) is 90.5 cm³/mol. The van der Waals surface area contributed by atoms with Crippen LogP contribution in [0.2, 0.25) is 5.02 Å². The van der Waals surface area contributed by atoms with Crippen LogP contribution in [-0.4, -0.2) is 22.4 Å². The first-order valence-electron chi connectivity index (χ1n) is 7.09. The molecule has 2 aromatic carbocycles. The molecule has 27 heavy (non-hydrogen) atoms. The summed E-state index contributed by atoms with van der Waals surface area (Å²) in [5.74, 6) is -1.19. The molecular weight excluding hydrogens is 392 g/mol. The van der Waals surface area contributed by atoms with Crippen LogP contribution in [0.25, 0.3) is 0 Å². The van der Waals surface area contributed by atoms with E-state index in [4.69, 9.17) is 11.6 Å². The van der Waals surface area contributed by atoms with Crippen LogP contribution in [0.15, 0.2) is 30.3 Å². The number of halogens is 3. The number of non-ortho nitro benzene ring substituents is 1. The van der Waals surface area contributed by atoms with Gasteiger partial charge in [0.1, 0.15) is 5.75 Å². The average molecular weight is 402 g/mol. The smallest absolute Gasteiger partial charge is 0.387 e. The number of carbonyl (C=O) groups is 1. The molecule has 0 fully saturated rings. The van der Waals surface area contributed by atoms with E-state index >= 15 is 0 Å². The van der Waals surface area contributed by atoms with Gasteiger partial charge in [-0.3, -0.25) is 25.0 Å². The first-order valence-corrected chi connectivity index (χ1v) is 7.47. The Morgan fingerprint density at radius 2 is 1.85 bits per heavy atom. The number of amides is 1. The molecule has 0 heterocycles. The minimum absolute atomic E-state index is 0.0696. The summed E-state index contributed by atoms with van der Waals surface area (Å²) >= 11 is 5.78. The average Bonchev–Trinajstić information content (AvgIpc) is 2.56. The number of nitro groups is 2. The lowest BCUT2D eigenvalue weighted by atomic mass is 10.0. The van der Waals surface area contributed by atoms with Crippen LogP contribution >= 0.6 is 11.6 Å². The second-order valence-corrected chi connectivity index (χ2v) is 5.54. The van der Waals surface area contributed by atoms with Gasteiger partial charge < -0.3 is 10.1 Å². The summed E-state index contributed by atoms with van der Waals surface area (Å²) in [5, 5.41) is 24.1. The Morgan fingerprint density at radius 1 is 1.19 bits per heavy atom. The zero-order chi connectivity index (χ0) is 20.3. The molecule has 0 aliphatic carbocycles. The quantitative estimate of drug-likeness (QED) is 0.567. The summed E-state index contributed by atoms with van der Waals surface area (Å²) in [6.07, 6.45) is 0. The van der Waals surface area contributed by atoms with Crippen molar-refractivity contribution in [1.82, 2.24) is 0 Å². The zero-order valence-corrected chi connectivity index (χ0v) is 14.2. The van der Waals surface area contributed by atoms with Crippen molar-refractivity contribution in [3.8, 4) is 5.75 Å². The van der Waals surface area contributed by atoms with Crippen molar-refractivity contribution >= 4 is 34.6 Å². The van der Waals surface area contributed by atoms with E-state index in [1.165, 1.54) is 13.0 Å². The van der Waals surface area contributed by atoms with E-state index in [1.54, 1.807) is 0 Å². The highest BCUT2D eigenvalue weighted by molar-refractivity contribution is 6.32. The van der Waals surface area contributed by atoms with Crippen molar-refractivity contribution in [3.63, 3.8) is 0 Å². The summed E-state index contributed by atoms with van der Waals surface area (Å²) < 4.78 is 28.6. The first-order chi connectivity index (χ1) is 12.6. The third-order valence-corrected chi connectivity index (χ3v) is 3.72. The molecule has 0 saturated carbocycles. The Hall–Kier alpha value is -3.34. The van der Waals surface area contributed by atoms with E-state index in [1.807, 2.05) is 0 Å². The monoisotopic (exact) mass is 401 g/mol. The van der Waals surface area contributed by atoms with Crippen molar-refractivity contribution in [1.29, 1.82) is 0 Å². The fourth-order valence-corrected chi connectivity index (χ4v) is 2.41. The number of rotatable bonds is 6. The molecular formula is C15H10ClF2N3O6. The molecule has 1 amide bonds. The van der Waals surface area contributed by atoms with Gasteiger partial charge in [0.2, 0.25) is 0 Å². The maximum absolute atomic E-state index is 12.4. The highest BCUT2D eigenvalue weighted by Crippen LogP contribution is 2.31. The summed E-state index contributed by atoms with van der Waals surface area (Å²) in [4.78, 5) is 32.7. The Labute approximate surface area is 154 Å². The van der Waals surface area contributed by atoms with Crippen molar-refractivity contribution < 1.29 is 28.2 Å². The van der Waals surface area contributed by atoms with E-state index in [0.29, 0.717) is 0 Å².